The molecule has 3 nitrogen and oxygen atoms in total. The van der Waals surface area contributed by atoms with E-state index >= 15 is 0 Å². The molecule has 0 saturated heterocycles. The Kier molecular flexibility index (Phi) is 8.04. The standard InChI is InChI=1S/C32H30N2O.ClH/c1-34(2)19-18-31(29-17-15-24-9-4-6-11-26(24)21-29)33-32(35)30-13-7-12-27(22-30)28-16-14-23-8-3-5-10-25(23)20-28;/h3-17,20-22,31H,18-19H2,1-2H3,(H,33,35);1H. The molecule has 0 saturated carbocycles. The number of nitrogens with zero attached hydrogens (tertiary/aromatic N) is 1. The zero-order chi connectivity index (χ0) is 24.2. The number of fused-ring (bicyclic) bond motifs is 2. The number of benzene rings is 5. The van der Waals surface area contributed by atoms with Crippen LogP contribution in [0, 0.1) is 0 Å². The highest BCUT2D eigenvalue weighted by atomic mass is 35.5. The summed E-state index contributed by atoms with van der Waals surface area (Å²) in [4.78, 5) is 15.6. The van der Waals surface area contributed by atoms with Crippen LogP contribution in [0.25, 0.3) is 32.7 Å². The van der Waals surface area contributed by atoms with Crippen LogP contribution >= 0.6 is 12.4 Å². The van der Waals surface area contributed by atoms with Crippen molar-refractivity contribution < 1.29 is 4.79 Å². The Morgan fingerprint density at radius 3 is 2.00 bits per heavy atom. The van der Waals surface area contributed by atoms with Gasteiger partial charge in [-0.2, -0.15) is 0 Å². The van der Waals surface area contributed by atoms with E-state index in [4.69, 9.17) is 0 Å². The van der Waals surface area contributed by atoms with Crippen LogP contribution < -0.4 is 5.32 Å². The van der Waals surface area contributed by atoms with E-state index in [0.717, 1.165) is 29.7 Å². The van der Waals surface area contributed by atoms with Gasteiger partial charge in [0, 0.05) is 5.56 Å². The van der Waals surface area contributed by atoms with Gasteiger partial charge in [0.15, 0.2) is 0 Å². The number of hydrogen-bond acceptors (Lipinski definition) is 2. The summed E-state index contributed by atoms with van der Waals surface area (Å²) in [6, 6.07) is 37.4. The lowest BCUT2D eigenvalue weighted by atomic mass is 9.98. The fraction of sp³-hybridized carbons (Fsp3) is 0.156. The van der Waals surface area contributed by atoms with Crippen molar-refractivity contribution >= 4 is 39.9 Å². The zero-order valence-corrected chi connectivity index (χ0v) is 21.5. The normalized spacial score (nSPS) is 11.9. The Morgan fingerprint density at radius 2 is 1.31 bits per heavy atom. The van der Waals surface area contributed by atoms with Gasteiger partial charge in [-0.05, 0) is 89.6 Å². The summed E-state index contributed by atoms with van der Waals surface area (Å²) >= 11 is 0. The fourth-order valence-electron chi connectivity index (χ4n) is 4.58. The zero-order valence-electron chi connectivity index (χ0n) is 20.6. The van der Waals surface area contributed by atoms with Crippen molar-refractivity contribution in [1.82, 2.24) is 10.2 Å². The summed E-state index contributed by atoms with van der Waals surface area (Å²) < 4.78 is 0. The number of carbonyl (C=O) groups is 1. The van der Waals surface area contributed by atoms with Crippen LogP contribution in [0.5, 0.6) is 0 Å². The molecule has 1 N–H and O–H groups in total. The second-order valence-corrected chi connectivity index (χ2v) is 9.37. The Balaban J connectivity index is 0.00000304. The molecule has 5 aromatic rings. The van der Waals surface area contributed by atoms with Gasteiger partial charge in [0.25, 0.3) is 5.91 Å². The topological polar surface area (TPSA) is 32.3 Å². The van der Waals surface area contributed by atoms with Gasteiger partial charge in [-0.1, -0.05) is 84.9 Å². The largest absolute Gasteiger partial charge is 0.345 e. The van der Waals surface area contributed by atoms with Crippen LogP contribution in [-0.2, 0) is 0 Å². The minimum absolute atomic E-state index is 0. The maximum atomic E-state index is 13.4. The Bertz CT molecular complexity index is 1490. The highest BCUT2D eigenvalue weighted by Gasteiger charge is 2.17. The summed E-state index contributed by atoms with van der Waals surface area (Å²) in [6.45, 7) is 0.884. The van der Waals surface area contributed by atoms with Crippen LogP contribution in [0.4, 0.5) is 0 Å². The smallest absolute Gasteiger partial charge is 0.251 e. The van der Waals surface area contributed by atoms with Gasteiger partial charge < -0.3 is 10.2 Å². The van der Waals surface area contributed by atoms with Crippen LogP contribution in [-0.4, -0.2) is 31.4 Å². The predicted molar refractivity (Wildman–Crippen MR) is 154 cm³/mol. The van der Waals surface area contributed by atoms with E-state index < -0.39 is 0 Å². The van der Waals surface area contributed by atoms with Crippen molar-refractivity contribution in [2.24, 2.45) is 0 Å². The summed E-state index contributed by atoms with van der Waals surface area (Å²) in [5.41, 5.74) is 3.95. The molecule has 5 aromatic carbocycles. The second kappa shape index (κ2) is 11.4. The molecule has 0 heterocycles. The second-order valence-electron chi connectivity index (χ2n) is 9.37. The van der Waals surface area contributed by atoms with E-state index in [1.54, 1.807) is 0 Å². The van der Waals surface area contributed by atoms with Crippen molar-refractivity contribution in [2.45, 2.75) is 12.5 Å². The van der Waals surface area contributed by atoms with Gasteiger partial charge in [-0.15, -0.1) is 12.4 Å². The van der Waals surface area contributed by atoms with E-state index in [1.807, 2.05) is 18.2 Å². The van der Waals surface area contributed by atoms with Crippen molar-refractivity contribution in [3.05, 3.63) is 120 Å². The van der Waals surface area contributed by atoms with Gasteiger partial charge in [-0.3, -0.25) is 4.79 Å². The van der Waals surface area contributed by atoms with E-state index in [0.29, 0.717) is 5.56 Å². The van der Waals surface area contributed by atoms with E-state index in [1.165, 1.54) is 21.5 Å². The Hall–Kier alpha value is -3.66. The molecule has 1 amide bonds. The van der Waals surface area contributed by atoms with E-state index in [-0.39, 0.29) is 24.4 Å². The van der Waals surface area contributed by atoms with Crippen molar-refractivity contribution in [2.75, 3.05) is 20.6 Å². The van der Waals surface area contributed by atoms with Crippen molar-refractivity contribution in [3.63, 3.8) is 0 Å². The quantitative estimate of drug-likeness (QED) is 0.254. The SMILES string of the molecule is CN(C)CCC(NC(=O)c1cccc(-c2ccc3ccccc3c2)c1)c1ccc2ccccc2c1.Cl. The number of halogens is 1. The molecule has 0 aromatic heterocycles. The lowest BCUT2D eigenvalue weighted by Crippen LogP contribution is -2.31. The summed E-state index contributed by atoms with van der Waals surface area (Å²) in [5.74, 6) is -0.0513. The molecular weight excluding hydrogens is 464 g/mol. The molecular formula is C32H31ClN2O. The van der Waals surface area contributed by atoms with Crippen LogP contribution in [0.1, 0.15) is 28.4 Å². The molecule has 1 atom stereocenters. The molecule has 4 heteroatoms. The molecule has 0 radical (unpaired) electrons. The number of hydrogen-bond donors (Lipinski definition) is 1. The molecule has 1 unspecified atom stereocenters. The van der Waals surface area contributed by atoms with Gasteiger partial charge >= 0.3 is 0 Å². The van der Waals surface area contributed by atoms with Gasteiger partial charge in [-0.25, -0.2) is 0 Å². The molecule has 0 aliphatic rings. The molecule has 182 valence electrons. The van der Waals surface area contributed by atoms with Crippen LogP contribution in [0.15, 0.2) is 109 Å². The average molecular weight is 495 g/mol. The van der Waals surface area contributed by atoms with Crippen molar-refractivity contribution in [1.29, 1.82) is 0 Å². The van der Waals surface area contributed by atoms with Crippen LogP contribution in [0.2, 0.25) is 0 Å². The molecule has 0 spiro atoms. The van der Waals surface area contributed by atoms with E-state index in [2.05, 4.69) is 115 Å². The van der Waals surface area contributed by atoms with Gasteiger partial charge in [0.05, 0.1) is 6.04 Å². The first-order chi connectivity index (χ1) is 17.1. The third-order valence-electron chi connectivity index (χ3n) is 6.55. The minimum Gasteiger partial charge on any atom is -0.345 e. The molecule has 0 aliphatic carbocycles. The van der Waals surface area contributed by atoms with E-state index in [9.17, 15) is 4.79 Å². The summed E-state index contributed by atoms with van der Waals surface area (Å²) in [5, 5.41) is 8.11. The monoisotopic (exact) mass is 494 g/mol. The highest BCUT2D eigenvalue weighted by Crippen LogP contribution is 2.27. The summed E-state index contributed by atoms with van der Waals surface area (Å²) in [7, 11) is 4.12. The lowest BCUT2D eigenvalue weighted by molar-refractivity contribution is 0.0933. The van der Waals surface area contributed by atoms with Gasteiger partial charge in [0.2, 0.25) is 0 Å². The maximum absolute atomic E-state index is 13.4. The molecule has 36 heavy (non-hydrogen) atoms. The third-order valence-corrected chi connectivity index (χ3v) is 6.55. The molecule has 0 bridgehead atoms. The molecule has 0 aliphatic heterocycles. The Labute approximate surface area is 219 Å². The highest BCUT2D eigenvalue weighted by molar-refractivity contribution is 5.96. The maximum Gasteiger partial charge on any atom is 0.251 e. The third kappa shape index (κ3) is 5.76. The molecule has 0 fully saturated rings. The minimum atomic E-state index is -0.0705. The lowest BCUT2D eigenvalue weighted by Gasteiger charge is -2.22. The first-order valence-corrected chi connectivity index (χ1v) is 12.1. The Morgan fingerprint density at radius 1 is 0.694 bits per heavy atom. The average Bonchev–Trinajstić information content (AvgIpc) is 2.90. The number of carbonyl (C=O) groups excluding carboxylic acids is 1. The van der Waals surface area contributed by atoms with Crippen molar-refractivity contribution in [3.8, 4) is 11.1 Å². The van der Waals surface area contributed by atoms with Gasteiger partial charge in [0.1, 0.15) is 0 Å². The number of nitrogens with one attached hydrogen (secondary N) is 1. The first-order valence-electron chi connectivity index (χ1n) is 12.1. The fourth-order valence-corrected chi connectivity index (χ4v) is 4.58. The number of amides is 1. The van der Waals surface area contributed by atoms with Crippen LogP contribution in [0.3, 0.4) is 0 Å². The first kappa shape index (κ1) is 25.4. The summed E-state index contributed by atoms with van der Waals surface area (Å²) in [6.07, 6.45) is 0.835. The predicted octanol–water partition coefficient (Wildman–Crippen LogP) is 7.50. The molecule has 5 rings (SSSR count). The number of rotatable bonds is 7.